The lowest BCUT2D eigenvalue weighted by Gasteiger charge is -2.26. The van der Waals surface area contributed by atoms with Crippen molar-refractivity contribution in [3.63, 3.8) is 0 Å². The third kappa shape index (κ3) is 4.22. The largest absolute Gasteiger partial charge is 0.395 e. The second-order valence-electron chi connectivity index (χ2n) is 5.50. The summed E-state index contributed by atoms with van der Waals surface area (Å²) in [5.41, 5.74) is 3.93. The zero-order chi connectivity index (χ0) is 13.7. The molecule has 1 aromatic carbocycles. The maximum atomic E-state index is 9.24. The van der Waals surface area contributed by atoms with Crippen LogP contribution in [0.5, 0.6) is 0 Å². The van der Waals surface area contributed by atoms with Crippen LogP contribution < -0.4 is 10.2 Å². The fourth-order valence-electron chi connectivity index (χ4n) is 2.45. The molecule has 19 heavy (non-hydrogen) atoms. The highest BCUT2D eigenvalue weighted by atomic mass is 16.3. The minimum Gasteiger partial charge on any atom is -0.395 e. The first-order valence-corrected chi connectivity index (χ1v) is 7.43. The van der Waals surface area contributed by atoms with Gasteiger partial charge in [0.05, 0.1) is 6.61 Å². The van der Waals surface area contributed by atoms with E-state index in [1.165, 1.54) is 29.7 Å². The molecule has 1 saturated carbocycles. The van der Waals surface area contributed by atoms with E-state index in [4.69, 9.17) is 0 Å². The molecule has 0 saturated heterocycles. The monoisotopic (exact) mass is 262 g/mol. The van der Waals surface area contributed by atoms with Crippen molar-refractivity contribution >= 4 is 5.69 Å². The van der Waals surface area contributed by atoms with Gasteiger partial charge in [-0.15, -0.1) is 0 Å². The molecule has 0 bridgehead atoms. The van der Waals surface area contributed by atoms with Gasteiger partial charge in [0.2, 0.25) is 0 Å². The van der Waals surface area contributed by atoms with Crippen LogP contribution in [-0.4, -0.2) is 30.8 Å². The molecule has 106 valence electrons. The van der Waals surface area contributed by atoms with E-state index in [9.17, 15) is 5.11 Å². The van der Waals surface area contributed by atoms with Crippen LogP contribution in [0.25, 0.3) is 0 Å². The van der Waals surface area contributed by atoms with Gasteiger partial charge < -0.3 is 15.3 Å². The Morgan fingerprint density at radius 2 is 2.11 bits per heavy atom. The lowest BCUT2D eigenvalue weighted by molar-refractivity contribution is 0.301. The summed E-state index contributed by atoms with van der Waals surface area (Å²) in [7, 11) is 0. The number of aliphatic hydroxyl groups excluding tert-OH is 1. The summed E-state index contributed by atoms with van der Waals surface area (Å²) in [6, 6.07) is 7.36. The van der Waals surface area contributed by atoms with Gasteiger partial charge in [-0.05, 0) is 37.8 Å². The number of aliphatic hydroxyl groups is 1. The number of nitrogens with one attached hydrogen (secondary N) is 1. The molecule has 0 spiro atoms. The highest BCUT2D eigenvalue weighted by molar-refractivity contribution is 5.55. The van der Waals surface area contributed by atoms with E-state index in [1.54, 1.807) is 0 Å². The first-order valence-electron chi connectivity index (χ1n) is 7.43. The van der Waals surface area contributed by atoms with Gasteiger partial charge >= 0.3 is 0 Å². The predicted octanol–water partition coefficient (Wildman–Crippen LogP) is 2.46. The van der Waals surface area contributed by atoms with Gasteiger partial charge in [0.15, 0.2) is 0 Å². The molecule has 0 atom stereocenters. The molecule has 0 radical (unpaired) electrons. The van der Waals surface area contributed by atoms with Crippen molar-refractivity contribution in [1.82, 2.24) is 5.32 Å². The van der Waals surface area contributed by atoms with Crippen LogP contribution in [0, 0.1) is 6.92 Å². The summed E-state index contributed by atoms with van der Waals surface area (Å²) in [6.45, 7) is 7.19. The molecule has 2 rings (SSSR count). The van der Waals surface area contributed by atoms with Gasteiger partial charge in [-0.25, -0.2) is 0 Å². The molecular formula is C16H26N2O. The van der Waals surface area contributed by atoms with Gasteiger partial charge in [0.1, 0.15) is 0 Å². The minimum absolute atomic E-state index is 0.212. The number of anilines is 1. The van der Waals surface area contributed by atoms with Crippen LogP contribution in [-0.2, 0) is 6.54 Å². The van der Waals surface area contributed by atoms with Crippen molar-refractivity contribution in [3.05, 3.63) is 29.3 Å². The number of nitrogens with zero attached hydrogens (tertiary/aromatic N) is 1. The molecule has 1 aromatic rings. The molecule has 0 amide bonds. The highest BCUT2D eigenvalue weighted by Crippen LogP contribution is 2.25. The van der Waals surface area contributed by atoms with Crippen LogP contribution in [0.2, 0.25) is 0 Å². The van der Waals surface area contributed by atoms with Crippen LogP contribution in [0.3, 0.4) is 0 Å². The molecule has 1 fully saturated rings. The average Bonchev–Trinajstić information content (AvgIpc) is 3.20. The summed E-state index contributed by atoms with van der Waals surface area (Å²) in [5, 5.41) is 12.8. The topological polar surface area (TPSA) is 35.5 Å². The summed E-state index contributed by atoms with van der Waals surface area (Å²) >= 11 is 0. The van der Waals surface area contributed by atoms with Crippen molar-refractivity contribution in [2.24, 2.45) is 0 Å². The van der Waals surface area contributed by atoms with Crippen LogP contribution in [0.4, 0.5) is 5.69 Å². The maximum absolute atomic E-state index is 9.24. The Kier molecular flexibility index (Phi) is 5.23. The standard InChI is InChI=1S/C16H26N2O/c1-3-8-18(9-10-19)16-7-4-13(2)11-14(16)12-17-15-5-6-15/h4,7,11,15,17,19H,3,5-6,8-10,12H2,1-2H3. The SMILES string of the molecule is CCCN(CCO)c1ccc(C)cc1CNC1CC1. The second-order valence-corrected chi connectivity index (χ2v) is 5.50. The minimum atomic E-state index is 0.212. The molecule has 3 heteroatoms. The molecule has 2 N–H and O–H groups in total. The molecular weight excluding hydrogens is 236 g/mol. The van der Waals surface area contributed by atoms with Crippen molar-refractivity contribution in [1.29, 1.82) is 0 Å². The number of hydrogen-bond acceptors (Lipinski definition) is 3. The summed E-state index contributed by atoms with van der Waals surface area (Å²) in [6.07, 6.45) is 3.73. The van der Waals surface area contributed by atoms with E-state index >= 15 is 0 Å². The number of hydrogen-bond donors (Lipinski definition) is 2. The fourth-order valence-corrected chi connectivity index (χ4v) is 2.45. The van der Waals surface area contributed by atoms with Gasteiger partial charge in [0.25, 0.3) is 0 Å². The van der Waals surface area contributed by atoms with Crippen LogP contribution >= 0.6 is 0 Å². The Hall–Kier alpha value is -1.06. The normalized spacial score (nSPS) is 14.7. The molecule has 0 heterocycles. The average molecular weight is 262 g/mol. The highest BCUT2D eigenvalue weighted by Gasteiger charge is 2.21. The van der Waals surface area contributed by atoms with Gasteiger partial charge in [0, 0.05) is 31.4 Å². The van der Waals surface area contributed by atoms with E-state index in [1.807, 2.05) is 0 Å². The van der Waals surface area contributed by atoms with Crippen molar-refractivity contribution < 1.29 is 5.11 Å². The zero-order valence-electron chi connectivity index (χ0n) is 12.2. The first-order chi connectivity index (χ1) is 9.24. The first kappa shape index (κ1) is 14.4. The van der Waals surface area contributed by atoms with Crippen LogP contribution in [0.1, 0.15) is 37.3 Å². The smallest absolute Gasteiger partial charge is 0.0606 e. The van der Waals surface area contributed by atoms with Gasteiger partial charge in [-0.3, -0.25) is 0 Å². The van der Waals surface area contributed by atoms with Crippen molar-refractivity contribution in [3.8, 4) is 0 Å². The van der Waals surface area contributed by atoms with E-state index in [0.29, 0.717) is 6.54 Å². The lowest BCUT2D eigenvalue weighted by atomic mass is 10.1. The van der Waals surface area contributed by atoms with Crippen molar-refractivity contribution in [2.75, 3.05) is 24.6 Å². The number of aryl methyl sites for hydroxylation is 1. The molecule has 1 aliphatic carbocycles. The summed E-state index contributed by atoms with van der Waals surface area (Å²) < 4.78 is 0. The van der Waals surface area contributed by atoms with E-state index < -0.39 is 0 Å². The quantitative estimate of drug-likeness (QED) is 0.755. The third-order valence-corrected chi connectivity index (χ3v) is 3.60. The Balaban J connectivity index is 2.14. The molecule has 3 nitrogen and oxygen atoms in total. The Morgan fingerprint density at radius 3 is 2.74 bits per heavy atom. The van der Waals surface area contributed by atoms with E-state index in [2.05, 4.69) is 42.3 Å². The third-order valence-electron chi connectivity index (χ3n) is 3.60. The Morgan fingerprint density at radius 1 is 1.32 bits per heavy atom. The molecule has 0 aliphatic heterocycles. The van der Waals surface area contributed by atoms with Gasteiger partial charge in [-0.2, -0.15) is 0 Å². The molecule has 1 aliphatic rings. The Bertz CT molecular complexity index is 396. The predicted molar refractivity (Wildman–Crippen MR) is 80.6 cm³/mol. The van der Waals surface area contributed by atoms with Gasteiger partial charge in [-0.1, -0.05) is 24.6 Å². The van der Waals surface area contributed by atoms with E-state index in [-0.39, 0.29) is 6.61 Å². The molecule has 0 unspecified atom stereocenters. The van der Waals surface area contributed by atoms with Crippen LogP contribution in [0.15, 0.2) is 18.2 Å². The lowest BCUT2D eigenvalue weighted by Crippen LogP contribution is -2.29. The summed E-state index contributed by atoms with van der Waals surface area (Å²) in [5.74, 6) is 0. The Labute approximate surface area is 116 Å². The molecule has 0 aromatic heterocycles. The second kappa shape index (κ2) is 6.92. The van der Waals surface area contributed by atoms with Crippen molar-refractivity contribution in [2.45, 2.75) is 45.7 Å². The fraction of sp³-hybridized carbons (Fsp3) is 0.625. The summed E-state index contributed by atoms with van der Waals surface area (Å²) in [4.78, 5) is 2.29. The maximum Gasteiger partial charge on any atom is 0.0606 e. The van der Waals surface area contributed by atoms with E-state index in [0.717, 1.165) is 25.6 Å². The number of rotatable bonds is 8. The zero-order valence-corrected chi connectivity index (χ0v) is 12.2. The number of benzene rings is 1.